The second-order valence-corrected chi connectivity index (χ2v) is 6.69. The molecule has 2 heteroatoms. The molecule has 0 heterocycles. The molecule has 18 heavy (non-hydrogen) atoms. The summed E-state index contributed by atoms with van der Waals surface area (Å²) in [5.41, 5.74) is 0.210. The third kappa shape index (κ3) is 11.0. The lowest BCUT2D eigenvalue weighted by atomic mass is 10.0. The van der Waals surface area contributed by atoms with Gasteiger partial charge in [-0.2, -0.15) is 0 Å². The lowest BCUT2D eigenvalue weighted by molar-refractivity contribution is 0.0694. The molecule has 0 aliphatic heterocycles. The van der Waals surface area contributed by atoms with E-state index in [1.807, 2.05) is 0 Å². The highest BCUT2D eigenvalue weighted by atomic mass is 16.5. The molecule has 0 rings (SSSR count). The van der Waals surface area contributed by atoms with E-state index in [1.165, 1.54) is 25.7 Å². The minimum absolute atomic E-state index is 0.210. The van der Waals surface area contributed by atoms with E-state index < -0.39 is 0 Å². The van der Waals surface area contributed by atoms with Gasteiger partial charge in [-0.15, -0.1) is 0 Å². The van der Waals surface area contributed by atoms with Gasteiger partial charge in [0, 0.05) is 18.7 Å². The van der Waals surface area contributed by atoms with Crippen molar-refractivity contribution >= 4 is 0 Å². The average molecular weight is 257 g/mol. The van der Waals surface area contributed by atoms with Gasteiger partial charge in [0.2, 0.25) is 0 Å². The second kappa shape index (κ2) is 9.80. The van der Waals surface area contributed by atoms with Crippen LogP contribution in [0.4, 0.5) is 0 Å². The fourth-order valence-corrected chi connectivity index (χ4v) is 1.87. The first kappa shape index (κ1) is 17.9. The number of nitrogens with one attached hydrogen (secondary N) is 1. The first-order valence-electron chi connectivity index (χ1n) is 7.71. The molecule has 1 N–H and O–H groups in total. The van der Waals surface area contributed by atoms with Gasteiger partial charge in [-0.25, -0.2) is 0 Å². The van der Waals surface area contributed by atoms with Crippen molar-refractivity contribution in [2.75, 3.05) is 19.8 Å². The molecule has 2 atom stereocenters. The molecule has 0 aliphatic carbocycles. The Hall–Kier alpha value is -0.0800. The van der Waals surface area contributed by atoms with Gasteiger partial charge in [0.15, 0.2) is 0 Å². The maximum absolute atomic E-state index is 5.87. The summed E-state index contributed by atoms with van der Waals surface area (Å²) in [5.74, 6) is 1.35. The van der Waals surface area contributed by atoms with Gasteiger partial charge >= 0.3 is 0 Å². The van der Waals surface area contributed by atoms with Crippen molar-refractivity contribution in [2.24, 2.45) is 11.8 Å². The molecule has 0 radical (unpaired) electrons. The number of unbranched alkanes of at least 4 members (excludes halogenated alkanes) is 1. The summed E-state index contributed by atoms with van der Waals surface area (Å²) < 4.78 is 5.87. The first-order chi connectivity index (χ1) is 8.39. The number of rotatable bonds is 10. The zero-order valence-electron chi connectivity index (χ0n) is 13.5. The summed E-state index contributed by atoms with van der Waals surface area (Å²) in [7, 11) is 0. The van der Waals surface area contributed by atoms with Gasteiger partial charge in [0.05, 0.1) is 6.61 Å². The van der Waals surface area contributed by atoms with Gasteiger partial charge in [0.1, 0.15) is 0 Å². The van der Waals surface area contributed by atoms with Crippen molar-refractivity contribution in [3.63, 3.8) is 0 Å². The van der Waals surface area contributed by atoms with Crippen LogP contribution < -0.4 is 5.32 Å². The third-order valence-electron chi connectivity index (χ3n) is 3.28. The Morgan fingerprint density at radius 1 is 1.11 bits per heavy atom. The highest BCUT2D eigenvalue weighted by Gasteiger charge is 2.12. The summed E-state index contributed by atoms with van der Waals surface area (Å²) in [6, 6.07) is 0. The SMILES string of the molecule is CCCCC(CC)COCC(C)CNC(C)(C)C. The largest absolute Gasteiger partial charge is 0.381 e. The summed E-state index contributed by atoms with van der Waals surface area (Å²) in [6.45, 7) is 16.3. The fourth-order valence-electron chi connectivity index (χ4n) is 1.87. The van der Waals surface area contributed by atoms with Crippen LogP contribution in [0.2, 0.25) is 0 Å². The standard InChI is InChI=1S/C16H35NO/c1-7-9-10-15(8-2)13-18-12-14(3)11-17-16(4,5)6/h14-15,17H,7-13H2,1-6H3. The Morgan fingerprint density at radius 2 is 1.78 bits per heavy atom. The van der Waals surface area contributed by atoms with Crippen molar-refractivity contribution < 1.29 is 4.74 Å². The van der Waals surface area contributed by atoms with Crippen molar-refractivity contribution in [1.82, 2.24) is 5.32 Å². The Labute approximate surface area is 115 Å². The predicted molar refractivity (Wildman–Crippen MR) is 81.0 cm³/mol. The van der Waals surface area contributed by atoms with E-state index in [1.54, 1.807) is 0 Å². The van der Waals surface area contributed by atoms with Gasteiger partial charge in [-0.3, -0.25) is 0 Å². The van der Waals surface area contributed by atoms with E-state index in [4.69, 9.17) is 4.74 Å². The van der Waals surface area contributed by atoms with Gasteiger partial charge in [-0.05, 0) is 39.0 Å². The molecule has 0 aliphatic rings. The molecular weight excluding hydrogens is 222 g/mol. The van der Waals surface area contributed by atoms with Crippen LogP contribution in [-0.4, -0.2) is 25.3 Å². The molecule has 0 aromatic heterocycles. The summed E-state index contributed by atoms with van der Waals surface area (Å²) in [5, 5.41) is 3.53. The lowest BCUT2D eigenvalue weighted by Gasteiger charge is -2.24. The number of hydrogen-bond acceptors (Lipinski definition) is 2. The highest BCUT2D eigenvalue weighted by molar-refractivity contribution is 4.71. The molecular formula is C16H35NO. The Balaban J connectivity index is 3.62. The fraction of sp³-hybridized carbons (Fsp3) is 1.00. The van der Waals surface area contributed by atoms with Gasteiger partial charge in [0.25, 0.3) is 0 Å². The molecule has 0 saturated heterocycles. The normalized spacial score (nSPS) is 15.7. The van der Waals surface area contributed by atoms with Crippen LogP contribution in [0.25, 0.3) is 0 Å². The Morgan fingerprint density at radius 3 is 2.28 bits per heavy atom. The van der Waals surface area contributed by atoms with E-state index in [-0.39, 0.29) is 5.54 Å². The second-order valence-electron chi connectivity index (χ2n) is 6.69. The van der Waals surface area contributed by atoms with Crippen LogP contribution in [-0.2, 0) is 4.74 Å². The molecule has 0 fully saturated rings. The van der Waals surface area contributed by atoms with Crippen molar-refractivity contribution in [3.8, 4) is 0 Å². The topological polar surface area (TPSA) is 21.3 Å². The molecule has 0 aromatic carbocycles. The van der Waals surface area contributed by atoms with E-state index in [0.717, 1.165) is 25.7 Å². The van der Waals surface area contributed by atoms with E-state index in [9.17, 15) is 0 Å². The Kier molecular flexibility index (Phi) is 9.76. The van der Waals surface area contributed by atoms with Crippen LogP contribution in [0.15, 0.2) is 0 Å². The van der Waals surface area contributed by atoms with E-state index in [2.05, 4.69) is 46.9 Å². The molecule has 0 aromatic rings. The molecule has 2 unspecified atom stereocenters. The molecule has 0 amide bonds. The summed E-state index contributed by atoms with van der Waals surface area (Å²) in [6.07, 6.45) is 5.20. The number of hydrogen-bond donors (Lipinski definition) is 1. The van der Waals surface area contributed by atoms with Crippen LogP contribution in [0, 0.1) is 11.8 Å². The van der Waals surface area contributed by atoms with Gasteiger partial charge in [-0.1, -0.05) is 40.0 Å². The van der Waals surface area contributed by atoms with Crippen LogP contribution in [0.3, 0.4) is 0 Å². The third-order valence-corrected chi connectivity index (χ3v) is 3.28. The minimum atomic E-state index is 0.210. The monoisotopic (exact) mass is 257 g/mol. The van der Waals surface area contributed by atoms with Crippen molar-refractivity contribution in [1.29, 1.82) is 0 Å². The maximum Gasteiger partial charge on any atom is 0.0503 e. The van der Waals surface area contributed by atoms with Crippen LogP contribution >= 0.6 is 0 Å². The first-order valence-corrected chi connectivity index (χ1v) is 7.71. The molecule has 0 saturated carbocycles. The Bertz CT molecular complexity index is 186. The van der Waals surface area contributed by atoms with Crippen molar-refractivity contribution in [2.45, 2.75) is 72.8 Å². The zero-order chi connectivity index (χ0) is 14.0. The summed E-state index contributed by atoms with van der Waals surface area (Å²) in [4.78, 5) is 0. The van der Waals surface area contributed by atoms with Crippen LogP contribution in [0.5, 0.6) is 0 Å². The maximum atomic E-state index is 5.87. The highest BCUT2D eigenvalue weighted by Crippen LogP contribution is 2.13. The summed E-state index contributed by atoms with van der Waals surface area (Å²) >= 11 is 0. The van der Waals surface area contributed by atoms with Crippen molar-refractivity contribution in [3.05, 3.63) is 0 Å². The van der Waals surface area contributed by atoms with E-state index in [0.29, 0.717) is 5.92 Å². The predicted octanol–water partition coefficient (Wildman–Crippen LogP) is 4.24. The molecule has 0 bridgehead atoms. The molecule has 0 spiro atoms. The minimum Gasteiger partial charge on any atom is -0.381 e. The van der Waals surface area contributed by atoms with Crippen LogP contribution in [0.1, 0.15) is 67.2 Å². The molecule has 110 valence electrons. The number of ether oxygens (including phenoxy) is 1. The average Bonchev–Trinajstić information content (AvgIpc) is 2.30. The molecule has 2 nitrogen and oxygen atoms in total. The zero-order valence-corrected chi connectivity index (χ0v) is 13.5. The quantitative estimate of drug-likeness (QED) is 0.632. The van der Waals surface area contributed by atoms with E-state index >= 15 is 0 Å². The smallest absolute Gasteiger partial charge is 0.0503 e. The van der Waals surface area contributed by atoms with Gasteiger partial charge < -0.3 is 10.1 Å². The lowest BCUT2D eigenvalue weighted by Crippen LogP contribution is -2.39.